The molecule has 1 N–H and O–H groups in total. The average molecular weight is 310 g/mol. The van der Waals surface area contributed by atoms with Gasteiger partial charge in [-0.25, -0.2) is 0 Å². The highest BCUT2D eigenvalue weighted by Crippen LogP contribution is 2.22. The van der Waals surface area contributed by atoms with Crippen LogP contribution in [0.2, 0.25) is 0 Å². The predicted molar refractivity (Wildman–Crippen MR) is 88.1 cm³/mol. The molecule has 1 aromatic carbocycles. The second-order valence-corrected chi connectivity index (χ2v) is 6.53. The summed E-state index contributed by atoms with van der Waals surface area (Å²) in [4.78, 5) is 16.1. The third-order valence-electron chi connectivity index (χ3n) is 2.56. The zero-order valence-corrected chi connectivity index (χ0v) is 13.1. The van der Waals surface area contributed by atoms with Crippen molar-refractivity contribution in [2.45, 2.75) is 13.3 Å². The van der Waals surface area contributed by atoms with Crippen molar-refractivity contribution in [1.29, 1.82) is 0 Å². The van der Waals surface area contributed by atoms with E-state index in [1.165, 1.54) is 0 Å². The van der Waals surface area contributed by atoms with E-state index in [4.69, 9.17) is 4.74 Å². The molecule has 0 spiro atoms. The monoisotopic (exact) mass is 310 g/mol. The number of carbonyl (C=O) groups excluding carboxylic acids is 1. The first-order valence-electron chi connectivity index (χ1n) is 6.60. The van der Waals surface area contributed by atoms with Gasteiger partial charge in [0.05, 0.1) is 13.2 Å². The number of aliphatic imine (C=N–C) groups is 1. The first-order chi connectivity index (χ1) is 9.78. The topological polar surface area (TPSA) is 50.7 Å². The molecule has 1 amide bonds. The van der Waals surface area contributed by atoms with Gasteiger partial charge in [-0.1, -0.05) is 23.5 Å². The van der Waals surface area contributed by atoms with Crippen LogP contribution in [0.4, 0.5) is 5.69 Å². The molecule has 1 aliphatic rings. The SMILES string of the molecule is CCOc1ccc(NC(=O)CCSC2=NCCS2)cc1. The fraction of sp³-hybridized carbons (Fsp3) is 0.429. The van der Waals surface area contributed by atoms with E-state index >= 15 is 0 Å². The van der Waals surface area contributed by atoms with E-state index in [0.29, 0.717) is 13.0 Å². The van der Waals surface area contributed by atoms with E-state index in [0.717, 1.165) is 33.9 Å². The molecule has 108 valence electrons. The van der Waals surface area contributed by atoms with E-state index in [1.807, 2.05) is 31.2 Å². The molecular weight excluding hydrogens is 292 g/mol. The number of benzene rings is 1. The molecule has 0 saturated heterocycles. The van der Waals surface area contributed by atoms with Crippen molar-refractivity contribution in [3.05, 3.63) is 24.3 Å². The van der Waals surface area contributed by atoms with Gasteiger partial charge in [0.2, 0.25) is 5.91 Å². The third kappa shape index (κ3) is 5.09. The van der Waals surface area contributed by atoms with Crippen molar-refractivity contribution in [3.63, 3.8) is 0 Å². The normalized spacial score (nSPS) is 13.9. The molecule has 0 fully saturated rings. The minimum absolute atomic E-state index is 0.0326. The Morgan fingerprint density at radius 3 is 2.90 bits per heavy atom. The molecule has 6 heteroatoms. The van der Waals surface area contributed by atoms with E-state index in [9.17, 15) is 4.79 Å². The van der Waals surface area contributed by atoms with E-state index in [-0.39, 0.29) is 5.91 Å². The summed E-state index contributed by atoms with van der Waals surface area (Å²) in [6.45, 7) is 3.50. The Balaban J connectivity index is 1.70. The Kier molecular flexibility index (Phi) is 6.26. The number of hydrogen-bond donors (Lipinski definition) is 1. The first kappa shape index (κ1) is 15.3. The molecule has 0 saturated carbocycles. The number of anilines is 1. The molecule has 20 heavy (non-hydrogen) atoms. The van der Waals surface area contributed by atoms with E-state index in [1.54, 1.807) is 23.5 Å². The summed E-state index contributed by atoms with van der Waals surface area (Å²) in [5.41, 5.74) is 0.802. The smallest absolute Gasteiger partial charge is 0.225 e. The second-order valence-electron chi connectivity index (χ2n) is 4.10. The molecule has 4 nitrogen and oxygen atoms in total. The Morgan fingerprint density at radius 2 is 2.25 bits per heavy atom. The number of hydrogen-bond acceptors (Lipinski definition) is 5. The fourth-order valence-corrected chi connectivity index (χ4v) is 3.68. The second kappa shape index (κ2) is 8.21. The largest absolute Gasteiger partial charge is 0.494 e. The average Bonchev–Trinajstić information content (AvgIpc) is 2.94. The summed E-state index contributed by atoms with van der Waals surface area (Å²) >= 11 is 3.44. The van der Waals surface area contributed by atoms with Gasteiger partial charge in [0, 0.05) is 23.6 Å². The molecule has 0 radical (unpaired) electrons. The maximum atomic E-state index is 11.8. The summed E-state index contributed by atoms with van der Waals surface area (Å²) < 4.78 is 6.47. The van der Waals surface area contributed by atoms with Crippen molar-refractivity contribution in [2.24, 2.45) is 4.99 Å². The highest BCUT2D eigenvalue weighted by molar-refractivity contribution is 8.39. The molecule has 0 atom stereocenters. The molecule has 1 heterocycles. The van der Waals surface area contributed by atoms with Crippen molar-refractivity contribution in [1.82, 2.24) is 0 Å². The summed E-state index contributed by atoms with van der Waals surface area (Å²) in [5.74, 6) is 2.69. The Hall–Kier alpha value is -1.14. The van der Waals surface area contributed by atoms with Gasteiger partial charge in [-0.3, -0.25) is 9.79 Å². The molecule has 2 rings (SSSR count). The maximum absolute atomic E-state index is 11.8. The highest BCUT2D eigenvalue weighted by Gasteiger charge is 2.09. The van der Waals surface area contributed by atoms with Gasteiger partial charge in [-0.2, -0.15) is 0 Å². The van der Waals surface area contributed by atoms with Crippen LogP contribution in [-0.4, -0.2) is 34.9 Å². The van der Waals surface area contributed by atoms with E-state index < -0.39 is 0 Å². The molecule has 0 aliphatic carbocycles. The lowest BCUT2D eigenvalue weighted by atomic mass is 10.3. The molecule has 0 unspecified atom stereocenters. The lowest BCUT2D eigenvalue weighted by Crippen LogP contribution is -2.12. The van der Waals surface area contributed by atoms with Gasteiger partial charge < -0.3 is 10.1 Å². The number of carbonyl (C=O) groups is 1. The summed E-state index contributed by atoms with van der Waals surface area (Å²) in [5, 5.41) is 2.88. The maximum Gasteiger partial charge on any atom is 0.225 e. The highest BCUT2D eigenvalue weighted by atomic mass is 32.2. The lowest BCUT2D eigenvalue weighted by Gasteiger charge is -2.07. The Morgan fingerprint density at radius 1 is 1.45 bits per heavy atom. The minimum atomic E-state index is 0.0326. The van der Waals surface area contributed by atoms with Crippen LogP contribution in [0.15, 0.2) is 29.3 Å². The standard InChI is InChI=1S/C14H18N2O2S2/c1-2-18-12-5-3-11(4-6-12)16-13(17)7-9-19-14-15-8-10-20-14/h3-6H,2,7-10H2,1H3,(H,16,17). The zero-order chi connectivity index (χ0) is 14.2. The molecule has 0 bridgehead atoms. The van der Waals surface area contributed by atoms with Gasteiger partial charge in [0.15, 0.2) is 0 Å². The van der Waals surface area contributed by atoms with Crippen LogP contribution in [0.1, 0.15) is 13.3 Å². The molecular formula is C14H18N2O2S2. The molecule has 0 aromatic heterocycles. The fourth-order valence-electron chi connectivity index (χ4n) is 1.66. The summed E-state index contributed by atoms with van der Waals surface area (Å²) in [6, 6.07) is 7.43. The van der Waals surface area contributed by atoms with Crippen LogP contribution in [0.25, 0.3) is 0 Å². The van der Waals surface area contributed by atoms with Crippen LogP contribution in [0.3, 0.4) is 0 Å². The van der Waals surface area contributed by atoms with Crippen molar-refractivity contribution >= 4 is 39.5 Å². The van der Waals surface area contributed by atoms with Gasteiger partial charge in [-0.15, -0.1) is 0 Å². The van der Waals surface area contributed by atoms with Crippen LogP contribution in [0, 0.1) is 0 Å². The quantitative estimate of drug-likeness (QED) is 0.876. The summed E-state index contributed by atoms with van der Waals surface area (Å²) in [6.07, 6.45) is 0.497. The van der Waals surface area contributed by atoms with Crippen molar-refractivity contribution in [3.8, 4) is 5.75 Å². The number of nitrogens with one attached hydrogen (secondary N) is 1. The number of rotatable bonds is 6. The third-order valence-corrected chi connectivity index (χ3v) is 4.82. The zero-order valence-electron chi connectivity index (χ0n) is 11.4. The summed E-state index contributed by atoms with van der Waals surface area (Å²) in [7, 11) is 0. The number of amides is 1. The van der Waals surface area contributed by atoms with Gasteiger partial charge in [0.1, 0.15) is 10.1 Å². The number of nitrogens with zero attached hydrogens (tertiary/aromatic N) is 1. The molecule has 1 aliphatic heterocycles. The van der Waals surface area contributed by atoms with Crippen molar-refractivity contribution < 1.29 is 9.53 Å². The van der Waals surface area contributed by atoms with Crippen LogP contribution >= 0.6 is 23.5 Å². The van der Waals surface area contributed by atoms with Crippen LogP contribution in [0.5, 0.6) is 5.75 Å². The van der Waals surface area contributed by atoms with Crippen molar-refractivity contribution in [2.75, 3.05) is 30.0 Å². The minimum Gasteiger partial charge on any atom is -0.494 e. The van der Waals surface area contributed by atoms with Gasteiger partial charge in [-0.05, 0) is 31.2 Å². The van der Waals surface area contributed by atoms with Crippen LogP contribution in [-0.2, 0) is 4.79 Å². The Labute approximate surface area is 127 Å². The first-order valence-corrected chi connectivity index (χ1v) is 8.58. The van der Waals surface area contributed by atoms with Gasteiger partial charge in [0.25, 0.3) is 0 Å². The predicted octanol–water partition coefficient (Wildman–Crippen LogP) is 3.25. The Bertz CT molecular complexity index is 475. The number of ether oxygens (including phenoxy) is 1. The molecule has 1 aromatic rings. The van der Waals surface area contributed by atoms with Crippen LogP contribution < -0.4 is 10.1 Å². The lowest BCUT2D eigenvalue weighted by molar-refractivity contribution is -0.115. The number of thioether (sulfide) groups is 2. The van der Waals surface area contributed by atoms with E-state index in [2.05, 4.69) is 10.3 Å². The van der Waals surface area contributed by atoms with Gasteiger partial charge >= 0.3 is 0 Å².